The van der Waals surface area contributed by atoms with E-state index in [0.29, 0.717) is 5.75 Å². The van der Waals surface area contributed by atoms with E-state index in [1.807, 2.05) is 31.2 Å². The van der Waals surface area contributed by atoms with Gasteiger partial charge in [0, 0.05) is 16.3 Å². The predicted molar refractivity (Wildman–Crippen MR) is 78.1 cm³/mol. The van der Waals surface area contributed by atoms with Gasteiger partial charge in [-0.15, -0.1) is 11.8 Å². The van der Waals surface area contributed by atoms with Gasteiger partial charge in [0.05, 0.1) is 7.11 Å². The van der Waals surface area contributed by atoms with Gasteiger partial charge in [-0.05, 0) is 36.2 Å². The van der Waals surface area contributed by atoms with Crippen LogP contribution in [0.2, 0.25) is 0 Å². The van der Waals surface area contributed by atoms with Gasteiger partial charge >= 0.3 is 0 Å². The summed E-state index contributed by atoms with van der Waals surface area (Å²) in [5.74, 6) is 0.607. The molecule has 0 saturated carbocycles. The largest absolute Gasteiger partial charge is 0.494 e. The van der Waals surface area contributed by atoms with Crippen LogP contribution in [0.4, 0.5) is 10.1 Å². The first-order valence-corrected chi connectivity index (χ1v) is 6.90. The Morgan fingerprint density at radius 2 is 2.05 bits per heavy atom. The van der Waals surface area contributed by atoms with Gasteiger partial charge in [-0.2, -0.15) is 0 Å². The lowest BCUT2D eigenvalue weighted by molar-refractivity contribution is 0.386. The summed E-state index contributed by atoms with van der Waals surface area (Å²) in [5, 5.41) is 0. The van der Waals surface area contributed by atoms with Crippen molar-refractivity contribution in [2.75, 3.05) is 12.8 Å². The van der Waals surface area contributed by atoms with E-state index in [-0.39, 0.29) is 11.6 Å². The first-order valence-electron chi connectivity index (χ1n) is 5.92. The van der Waals surface area contributed by atoms with Crippen LogP contribution >= 0.6 is 11.8 Å². The van der Waals surface area contributed by atoms with Crippen molar-refractivity contribution in [3.05, 3.63) is 53.3 Å². The summed E-state index contributed by atoms with van der Waals surface area (Å²) in [6, 6.07) is 10.9. The van der Waals surface area contributed by atoms with Crippen LogP contribution in [0.5, 0.6) is 5.75 Å². The Morgan fingerprint density at radius 1 is 1.26 bits per heavy atom. The molecule has 0 saturated heterocycles. The second kappa shape index (κ2) is 5.97. The molecular formula is C15H16FNOS. The highest BCUT2D eigenvalue weighted by Crippen LogP contribution is 2.30. The number of hydrogen-bond donors (Lipinski definition) is 1. The van der Waals surface area contributed by atoms with Crippen LogP contribution in [-0.4, -0.2) is 7.11 Å². The Morgan fingerprint density at radius 3 is 2.74 bits per heavy atom. The van der Waals surface area contributed by atoms with Crippen molar-refractivity contribution in [1.82, 2.24) is 0 Å². The van der Waals surface area contributed by atoms with Gasteiger partial charge in [0.25, 0.3) is 0 Å². The third kappa shape index (κ3) is 3.20. The molecule has 0 aliphatic rings. The number of benzene rings is 2. The van der Waals surface area contributed by atoms with Crippen LogP contribution < -0.4 is 10.5 Å². The van der Waals surface area contributed by atoms with Gasteiger partial charge in [-0.25, -0.2) is 4.39 Å². The summed E-state index contributed by atoms with van der Waals surface area (Å²) in [4.78, 5) is 1.02. The SMILES string of the molecule is COc1ccc(CSc2cccc(C)c2N)cc1F. The molecule has 0 aliphatic heterocycles. The standard InChI is InChI=1S/C15H16FNOS/c1-10-4-3-5-14(15(10)17)19-9-11-6-7-13(18-2)12(16)8-11/h3-8H,9,17H2,1-2H3. The minimum absolute atomic E-state index is 0.267. The number of anilines is 1. The highest BCUT2D eigenvalue weighted by atomic mass is 32.2. The lowest BCUT2D eigenvalue weighted by Crippen LogP contribution is -1.93. The highest BCUT2D eigenvalue weighted by molar-refractivity contribution is 7.98. The van der Waals surface area contributed by atoms with Crippen LogP contribution in [0.25, 0.3) is 0 Å². The Labute approximate surface area is 116 Å². The van der Waals surface area contributed by atoms with Crippen molar-refractivity contribution >= 4 is 17.4 Å². The van der Waals surface area contributed by atoms with Gasteiger partial charge in [0.2, 0.25) is 0 Å². The number of rotatable bonds is 4. The van der Waals surface area contributed by atoms with Gasteiger partial charge < -0.3 is 10.5 Å². The number of hydrogen-bond acceptors (Lipinski definition) is 3. The molecule has 0 spiro atoms. The van der Waals surface area contributed by atoms with E-state index < -0.39 is 0 Å². The van der Waals surface area contributed by atoms with Crippen molar-refractivity contribution in [1.29, 1.82) is 0 Å². The monoisotopic (exact) mass is 277 g/mol. The van der Waals surface area contributed by atoms with Crippen LogP contribution in [-0.2, 0) is 5.75 Å². The lowest BCUT2D eigenvalue weighted by atomic mass is 10.2. The molecule has 0 unspecified atom stereocenters. The maximum Gasteiger partial charge on any atom is 0.165 e. The molecule has 0 amide bonds. The molecule has 2 N–H and O–H groups in total. The molecule has 0 fully saturated rings. The number of thioether (sulfide) groups is 1. The summed E-state index contributed by atoms with van der Waals surface area (Å²) in [7, 11) is 1.46. The first kappa shape index (κ1) is 13.7. The van der Waals surface area contributed by atoms with E-state index in [2.05, 4.69) is 0 Å². The summed E-state index contributed by atoms with van der Waals surface area (Å²) >= 11 is 1.60. The summed E-state index contributed by atoms with van der Waals surface area (Å²) in [6.45, 7) is 1.98. The predicted octanol–water partition coefficient (Wildman–Crippen LogP) is 4.02. The number of halogens is 1. The fraction of sp³-hybridized carbons (Fsp3) is 0.200. The number of nitrogens with two attached hydrogens (primary N) is 1. The van der Waals surface area contributed by atoms with Crippen molar-refractivity contribution in [3.63, 3.8) is 0 Å². The van der Waals surface area contributed by atoms with Gasteiger partial charge in [0.1, 0.15) is 0 Å². The van der Waals surface area contributed by atoms with Crippen molar-refractivity contribution in [2.45, 2.75) is 17.6 Å². The zero-order chi connectivity index (χ0) is 13.8. The molecule has 0 aromatic heterocycles. The highest BCUT2D eigenvalue weighted by Gasteiger charge is 2.06. The second-order valence-corrected chi connectivity index (χ2v) is 5.26. The van der Waals surface area contributed by atoms with E-state index >= 15 is 0 Å². The molecule has 0 heterocycles. The Bertz CT molecular complexity index is 586. The normalized spacial score (nSPS) is 10.5. The zero-order valence-corrected chi connectivity index (χ0v) is 11.8. The first-order chi connectivity index (χ1) is 9.11. The van der Waals surface area contributed by atoms with Gasteiger partial charge in [-0.1, -0.05) is 18.2 Å². The van der Waals surface area contributed by atoms with E-state index in [4.69, 9.17) is 10.5 Å². The van der Waals surface area contributed by atoms with Gasteiger partial charge in [0.15, 0.2) is 11.6 Å². The summed E-state index contributed by atoms with van der Waals surface area (Å²) in [5.41, 5.74) is 8.77. The molecule has 2 rings (SSSR count). The molecule has 2 aromatic rings. The molecule has 2 nitrogen and oxygen atoms in total. The van der Waals surface area contributed by atoms with Crippen molar-refractivity contribution < 1.29 is 9.13 Å². The Balaban J connectivity index is 2.10. The molecule has 0 aliphatic carbocycles. The number of nitrogen functional groups attached to an aromatic ring is 1. The maximum atomic E-state index is 13.6. The topological polar surface area (TPSA) is 35.2 Å². The second-order valence-electron chi connectivity index (χ2n) is 4.24. The fourth-order valence-electron chi connectivity index (χ4n) is 1.74. The minimum atomic E-state index is -0.335. The third-order valence-corrected chi connectivity index (χ3v) is 4.04. The third-order valence-electron chi connectivity index (χ3n) is 2.89. The van der Waals surface area contributed by atoms with E-state index in [9.17, 15) is 4.39 Å². The Kier molecular flexibility index (Phi) is 4.32. The molecular weight excluding hydrogens is 261 g/mol. The summed E-state index contributed by atoms with van der Waals surface area (Å²) < 4.78 is 18.5. The smallest absolute Gasteiger partial charge is 0.165 e. The average molecular weight is 277 g/mol. The van der Waals surface area contributed by atoms with E-state index in [0.717, 1.165) is 21.7 Å². The van der Waals surface area contributed by atoms with Crippen LogP contribution in [0.15, 0.2) is 41.3 Å². The van der Waals surface area contributed by atoms with Crippen molar-refractivity contribution in [2.24, 2.45) is 0 Å². The maximum absolute atomic E-state index is 13.6. The molecule has 0 bridgehead atoms. The quantitative estimate of drug-likeness (QED) is 0.677. The molecule has 0 atom stereocenters. The van der Waals surface area contributed by atoms with Crippen LogP contribution in [0.3, 0.4) is 0 Å². The Hall–Kier alpha value is -1.68. The van der Waals surface area contributed by atoms with E-state index in [1.165, 1.54) is 13.2 Å². The molecule has 0 radical (unpaired) electrons. The molecule has 19 heavy (non-hydrogen) atoms. The number of methoxy groups -OCH3 is 1. The van der Waals surface area contributed by atoms with E-state index in [1.54, 1.807) is 17.8 Å². The van der Waals surface area contributed by atoms with Crippen LogP contribution in [0, 0.1) is 12.7 Å². The fourth-order valence-corrected chi connectivity index (χ4v) is 2.73. The molecule has 4 heteroatoms. The van der Waals surface area contributed by atoms with Crippen LogP contribution in [0.1, 0.15) is 11.1 Å². The number of ether oxygens (including phenoxy) is 1. The van der Waals surface area contributed by atoms with Crippen molar-refractivity contribution in [3.8, 4) is 5.75 Å². The summed E-state index contributed by atoms with van der Waals surface area (Å²) in [6.07, 6.45) is 0. The molecule has 2 aromatic carbocycles. The average Bonchev–Trinajstić information content (AvgIpc) is 2.40. The van der Waals surface area contributed by atoms with Gasteiger partial charge in [-0.3, -0.25) is 0 Å². The number of aryl methyl sites for hydroxylation is 1. The minimum Gasteiger partial charge on any atom is -0.494 e. The lowest BCUT2D eigenvalue weighted by Gasteiger charge is -2.08. The number of para-hydroxylation sites is 1. The molecule has 100 valence electrons. The zero-order valence-electron chi connectivity index (χ0n) is 10.9.